The molecule has 0 atom stereocenters. The number of rotatable bonds is 5. The molecule has 0 aliphatic rings. The molecule has 3 heterocycles. The van der Waals surface area contributed by atoms with Crippen molar-refractivity contribution >= 4 is 50.2 Å². The van der Waals surface area contributed by atoms with Gasteiger partial charge in [-0.15, -0.1) is 27.8 Å². The number of nitrogens with one attached hydrogen (secondary N) is 1. The molecule has 1 aromatic carbocycles. The number of allylic oxidation sites excluding steroid dienone is 1. The number of fused-ring (bicyclic) bond motifs is 1. The number of nitrogens with zero attached hydrogens (tertiary/aromatic N) is 4. The van der Waals surface area contributed by atoms with Crippen molar-refractivity contribution in [3.8, 4) is 16.8 Å². The number of hydrogen-bond acceptors (Lipinski definition) is 8. The second kappa shape index (κ2) is 7.29. The van der Waals surface area contributed by atoms with E-state index >= 15 is 0 Å². The lowest BCUT2D eigenvalue weighted by molar-refractivity contribution is 0.420. The lowest BCUT2D eigenvalue weighted by Gasteiger charge is -1.99. The third kappa shape index (κ3) is 3.35. The van der Waals surface area contributed by atoms with Gasteiger partial charge in [-0.1, -0.05) is 30.0 Å². The van der Waals surface area contributed by atoms with Gasteiger partial charge in [-0.25, -0.2) is 9.97 Å². The van der Waals surface area contributed by atoms with Gasteiger partial charge in [-0.2, -0.15) is 5.26 Å². The maximum absolute atomic E-state index is 10.4. The predicted octanol–water partition coefficient (Wildman–Crippen LogP) is 4.73. The number of thioether (sulfide) groups is 1. The monoisotopic (exact) mass is 397 g/mol. The van der Waals surface area contributed by atoms with E-state index < -0.39 is 0 Å². The molecule has 0 fully saturated rings. The second-order valence-electron chi connectivity index (χ2n) is 5.15. The van der Waals surface area contributed by atoms with Gasteiger partial charge in [0.2, 0.25) is 5.16 Å². The van der Waals surface area contributed by atoms with Gasteiger partial charge in [0.15, 0.2) is 5.82 Å². The Morgan fingerprint density at radius 1 is 1.23 bits per heavy atom. The van der Waals surface area contributed by atoms with Gasteiger partial charge in [0.1, 0.15) is 22.4 Å². The third-order valence-electron chi connectivity index (χ3n) is 3.47. The van der Waals surface area contributed by atoms with Gasteiger partial charge in [0, 0.05) is 0 Å². The van der Waals surface area contributed by atoms with E-state index in [0.29, 0.717) is 16.0 Å². The molecule has 0 saturated carbocycles. The number of thiazole rings is 1. The first-order valence-corrected chi connectivity index (χ1v) is 10.2. The Hall–Kier alpha value is -2.67. The summed E-state index contributed by atoms with van der Waals surface area (Å²) >= 11 is 4.22. The number of aliphatic hydroxyl groups is 1. The van der Waals surface area contributed by atoms with Gasteiger partial charge in [0.25, 0.3) is 0 Å². The second-order valence-corrected chi connectivity index (χ2v) is 8.07. The fourth-order valence-electron chi connectivity index (χ4n) is 2.25. The summed E-state index contributed by atoms with van der Waals surface area (Å²) < 4.78 is 0.977. The van der Waals surface area contributed by atoms with Crippen LogP contribution in [0.1, 0.15) is 5.01 Å². The average molecular weight is 398 g/mol. The molecule has 0 aliphatic carbocycles. The highest BCUT2D eigenvalue weighted by Crippen LogP contribution is 2.30. The van der Waals surface area contributed by atoms with Crippen molar-refractivity contribution in [2.75, 3.05) is 5.75 Å². The molecule has 0 spiro atoms. The number of aromatic amines is 1. The Balaban J connectivity index is 1.53. The van der Waals surface area contributed by atoms with Crippen LogP contribution < -0.4 is 0 Å². The van der Waals surface area contributed by atoms with Crippen LogP contribution in [0.5, 0.6) is 0 Å². The zero-order valence-electron chi connectivity index (χ0n) is 13.2. The van der Waals surface area contributed by atoms with Crippen LogP contribution in [0.25, 0.3) is 26.5 Å². The highest BCUT2D eigenvalue weighted by molar-refractivity contribution is 7.99. The zero-order chi connectivity index (χ0) is 17.9. The summed E-state index contributed by atoms with van der Waals surface area (Å²) in [6.45, 7) is 0. The lowest BCUT2D eigenvalue weighted by Crippen LogP contribution is -1.93. The van der Waals surface area contributed by atoms with E-state index in [9.17, 15) is 10.4 Å². The van der Waals surface area contributed by atoms with E-state index in [1.807, 2.05) is 41.8 Å². The molecule has 0 saturated heterocycles. The van der Waals surface area contributed by atoms with Crippen molar-refractivity contribution in [2.45, 2.75) is 5.16 Å². The first-order valence-electron chi connectivity index (χ1n) is 7.52. The van der Waals surface area contributed by atoms with Crippen molar-refractivity contribution in [1.82, 2.24) is 20.2 Å². The Morgan fingerprint density at radius 2 is 2.12 bits per heavy atom. The van der Waals surface area contributed by atoms with Gasteiger partial charge in [-0.3, -0.25) is 5.10 Å². The SMILES string of the molecule is N#C/C(=C(\O)CSc1n[nH]c(-c2cccs2)n1)c1nc2ccccc2s1. The van der Waals surface area contributed by atoms with Crippen LogP contribution >= 0.6 is 34.4 Å². The summed E-state index contributed by atoms with van der Waals surface area (Å²) in [5.74, 6) is 0.859. The molecule has 4 rings (SSSR count). The van der Waals surface area contributed by atoms with Gasteiger partial charge < -0.3 is 5.11 Å². The summed E-state index contributed by atoms with van der Waals surface area (Å²) in [5.41, 5.74) is 1.00. The molecule has 2 N–H and O–H groups in total. The average Bonchev–Trinajstić information content (AvgIpc) is 3.39. The molecule has 0 radical (unpaired) electrons. The molecule has 3 aromatic heterocycles. The van der Waals surface area contributed by atoms with Crippen LogP contribution in [0.4, 0.5) is 0 Å². The van der Waals surface area contributed by atoms with E-state index in [4.69, 9.17) is 0 Å². The molecule has 0 bridgehead atoms. The fraction of sp³-hybridized carbons (Fsp3) is 0.0588. The number of thiophene rings is 1. The quantitative estimate of drug-likeness (QED) is 0.287. The highest BCUT2D eigenvalue weighted by atomic mass is 32.2. The summed E-state index contributed by atoms with van der Waals surface area (Å²) in [7, 11) is 0. The molecular weight excluding hydrogens is 386 g/mol. The van der Waals surface area contributed by atoms with E-state index in [-0.39, 0.29) is 17.1 Å². The van der Waals surface area contributed by atoms with Crippen LogP contribution in [0.3, 0.4) is 0 Å². The number of benzene rings is 1. The maximum Gasteiger partial charge on any atom is 0.209 e. The van der Waals surface area contributed by atoms with Crippen molar-refractivity contribution in [1.29, 1.82) is 5.26 Å². The smallest absolute Gasteiger partial charge is 0.209 e. The number of hydrogen-bond donors (Lipinski definition) is 2. The molecule has 9 heteroatoms. The van der Waals surface area contributed by atoms with Crippen LogP contribution in [0.2, 0.25) is 0 Å². The normalized spacial score (nSPS) is 12.1. The highest BCUT2D eigenvalue weighted by Gasteiger charge is 2.15. The lowest BCUT2D eigenvalue weighted by atomic mass is 10.2. The molecular formula is C17H11N5OS3. The first kappa shape index (κ1) is 16.8. The topological polar surface area (TPSA) is 98.5 Å². The van der Waals surface area contributed by atoms with Crippen LogP contribution in [-0.2, 0) is 0 Å². The van der Waals surface area contributed by atoms with Gasteiger partial charge in [-0.05, 0) is 23.6 Å². The number of para-hydroxylation sites is 1. The van der Waals surface area contributed by atoms with Crippen LogP contribution in [0, 0.1) is 11.3 Å². The minimum atomic E-state index is -0.0287. The van der Waals surface area contributed by atoms with Crippen LogP contribution in [-0.4, -0.2) is 31.0 Å². The van der Waals surface area contributed by atoms with Crippen molar-refractivity contribution in [3.63, 3.8) is 0 Å². The standard InChI is InChI=1S/C17H11N5OS3/c18-8-10(16-19-11-4-1-2-5-13(11)26-16)12(23)9-25-17-20-15(21-22-17)14-6-3-7-24-14/h1-7,23H,9H2,(H,20,21,22)/b12-10+. The van der Waals surface area contributed by atoms with E-state index in [2.05, 4.69) is 26.2 Å². The molecule has 6 nitrogen and oxygen atoms in total. The molecule has 128 valence electrons. The van der Waals surface area contributed by atoms with Crippen molar-refractivity contribution in [3.05, 3.63) is 52.5 Å². The Kier molecular flexibility index (Phi) is 4.71. The Morgan fingerprint density at radius 3 is 2.88 bits per heavy atom. The molecule has 4 aromatic rings. The summed E-state index contributed by atoms with van der Waals surface area (Å²) in [5, 5.41) is 29.9. The van der Waals surface area contributed by atoms with E-state index in [1.165, 1.54) is 23.1 Å². The summed E-state index contributed by atoms with van der Waals surface area (Å²) in [6, 6.07) is 13.6. The minimum absolute atomic E-state index is 0.0287. The number of H-pyrrole nitrogens is 1. The zero-order valence-corrected chi connectivity index (χ0v) is 15.7. The first-order chi connectivity index (χ1) is 12.7. The van der Waals surface area contributed by atoms with Crippen LogP contribution in [0.15, 0.2) is 52.7 Å². The fourth-order valence-corrected chi connectivity index (χ4v) is 4.58. The molecule has 0 amide bonds. The number of aromatic nitrogens is 4. The summed E-state index contributed by atoms with van der Waals surface area (Å²) in [6.07, 6.45) is 0. The van der Waals surface area contributed by atoms with Gasteiger partial charge in [0.05, 0.1) is 20.8 Å². The minimum Gasteiger partial charge on any atom is -0.510 e. The van der Waals surface area contributed by atoms with E-state index in [1.54, 1.807) is 11.3 Å². The summed E-state index contributed by atoms with van der Waals surface area (Å²) in [4.78, 5) is 9.82. The predicted molar refractivity (Wildman–Crippen MR) is 105 cm³/mol. The van der Waals surface area contributed by atoms with Crippen molar-refractivity contribution < 1.29 is 5.11 Å². The van der Waals surface area contributed by atoms with E-state index in [0.717, 1.165) is 15.1 Å². The number of nitriles is 1. The number of aliphatic hydroxyl groups excluding tert-OH is 1. The third-order valence-corrected chi connectivity index (χ3v) is 6.25. The van der Waals surface area contributed by atoms with Gasteiger partial charge >= 0.3 is 0 Å². The molecule has 0 unspecified atom stereocenters. The molecule has 0 aliphatic heterocycles. The molecule has 26 heavy (non-hydrogen) atoms. The Labute approximate surface area is 160 Å². The van der Waals surface area contributed by atoms with Crippen molar-refractivity contribution in [2.24, 2.45) is 0 Å². The largest absolute Gasteiger partial charge is 0.510 e. The maximum atomic E-state index is 10.4. The Bertz CT molecular complexity index is 1090.